The van der Waals surface area contributed by atoms with E-state index in [0.29, 0.717) is 27.2 Å². The molecule has 0 bridgehead atoms. The van der Waals surface area contributed by atoms with E-state index in [-0.39, 0.29) is 5.56 Å². The maximum atomic E-state index is 12.6. The van der Waals surface area contributed by atoms with Crippen LogP contribution in [0.2, 0.25) is 5.02 Å². The van der Waals surface area contributed by atoms with Gasteiger partial charge in [0.25, 0.3) is 5.56 Å². The lowest BCUT2D eigenvalue weighted by atomic mass is 10.2. The Morgan fingerprint density at radius 1 is 1.07 bits per heavy atom. The van der Waals surface area contributed by atoms with E-state index in [2.05, 4.69) is 21.7 Å². The van der Waals surface area contributed by atoms with Crippen molar-refractivity contribution in [2.45, 2.75) is 17.5 Å². The van der Waals surface area contributed by atoms with Gasteiger partial charge in [-0.2, -0.15) is 0 Å². The highest BCUT2D eigenvalue weighted by Gasteiger charge is 2.15. The van der Waals surface area contributed by atoms with Crippen molar-refractivity contribution in [1.29, 1.82) is 0 Å². The van der Waals surface area contributed by atoms with E-state index in [9.17, 15) is 4.79 Å². The van der Waals surface area contributed by atoms with Crippen LogP contribution >= 0.6 is 34.7 Å². The molecule has 0 fully saturated rings. The summed E-state index contributed by atoms with van der Waals surface area (Å²) in [5.74, 6) is 1.51. The van der Waals surface area contributed by atoms with Gasteiger partial charge in [0.15, 0.2) is 5.16 Å². The Morgan fingerprint density at radius 2 is 1.90 bits per heavy atom. The zero-order chi connectivity index (χ0) is 20.7. The summed E-state index contributed by atoms with van der Waals surface area (Å²) in [5.41, 5.74) is 3.83. The van der Waals surface area contributed by atoms with Crippen molar-refractivity contribution in [3.8, 4) is 0 Å². The number of hydrogen-bond acceptors (Lipinski definition) is 5. The van der Waals surface area contributed by atoms with E-state index >= 15 is 0 Å². The zero-order valence-electron chi connectivity index (χ0n) is 16.1. The third-order valence-electron chi connectivity index (χ3n) is 4.95. The second-order valence-electron chi connectivity index (χ2n) is 6.91. The minimum Gasteiger partial charge on any atom is -0.323 e. The number of nitrogens with zero attached hydrogens (tertiary/aromatic N) is 4. The highest BCUT2D eigenvalue weighted by molar-refractivity contribution is 7.98. The quantitative estimate of drug-likeness (QED) is 0.267. The molecular weight excluding hydrogens is 436 g/mol. The number of thioether (sulfide) groups is 1. The van der Waals surface area contributed by atoms with Crippen LogP contribution < -0.4 is 5.56 Å². The fourth-order valence-electron chi connectivity index (χ4n) is 3.43. The lowest BCUT2D eigenvalue weighted by Crippen LogP contribution is -2.19. The van der Waals surface area contributed by atoms with Gasteiger partial charge in [-0.25, -0.2) is 9.97 Å². The first-order chi connectivity index (χ1) is 14.6. The van der Waals surface area contributed by atoms with Gasteiger partial charge in [-0.1, -0.05) is 53.7 Å². The van der Waals surface area contributed by atoms with Crippen LogP contribution in [0.3, 0.4) is 0 Å². The van der Waals surface area contributed by atoms with E-state index in [1.807, 2.05) is 47.8 Å². The van der Waals surface area contributed by atoms with Crippen LogP contribution in [0, 0.1) is 0 Å². The standard InChI is InChI=1S/C22H17ClN4OS2/c1-26-21(28)20-16(9-10-29-20)25-22(26)30-13-19-24-17-11-15(23)7-8-18(17)27(19)12-14-5-3-2-4-6-14/h2-11H,12-13H2,1H3. The van der Waals surface area contributed by atoms with Gasteiger partial charge in [0.2, 0.25) is 0 Å². The first-order valence-electron chi connectivity index (χ1n) is 9.36. The molecule has 0 atom stereocenters. The third-order valence-corrected chi connectivity index (χ3v) is 7.10. The molecule has 0 unspecified atom stereocenters. The van der Waals surface area contributed by atoms with Crippen LogP contribution in [-0.4, -0.2) is 19.1 Å². The molecule has 150 valence electrons. The molecule has 0 spiro atoms. The number of rotatable bonds is 5. The second-order valence-corrected chi connectivity index (χ2v) is 9.21. The van der Waals surface area contributed by atoms with Crippen molar-refractivity contribution >= 4 is 55.9 Å². The number of imidazole rings is 1. The molecule has 0 saturated carbocycles. The molecule has 0 aliphatic carbocycles. The summed E-state index contributed by atoms with van der Waals surface area (Å²) in [6, 6.07) is 18.0. The Bertz CT molecular complexity index is 1420. The molecule has 30 heavy (non-hydrogen) atoms. The maximum Gasteiger partial charge on any atom is 0.271 e. The molecule has 0 aliphatic rings. The Balaban J connectivity index is 1.53. The van der Waals surface area contributed by atoms with E-state index < -0.39 is 0 Å². The van der Waals surface area contributed by atoms with Gasteiger partial charge in [-0.3, -0.25) is 9.36 Å². The first kappa shape index (κ1) is 19.4. The molecule has 0 saturated heterocycles. The zero-order valence-corrected chi connectivity index (χ0v) is 18.5. The molecule has 0 radical (unpaired) electrons. The lowest BCUT2D eigenvalue weighted by molar-refractivity contribution is 0.725. The summed E-state index contributed by atoms with van der Waals surface area (Å²) >= 11 is 9.14. The summed E-state index contributed by atoms with van der Waals surface area (Å²) in [5, 5.41) is 3.25. The minimum atomic E-state index is -0.0120. The maximum absolute atomic E-state index is 12.6. The van der Waals surface area contributed by atoms with Crippen LogP contribution in [0.25, 0.3) is 21.3 Å². The van der Waals surface area contributed by atoms with Crippen molar-refractivity contribution in [2.24, 2.45) is 7.05 Å². The van der Waals surface area contributed by atoms with E-state index in [0.717, 1.165) is 22.4 Å². The molecule has 5 aromatic rings. The van der Waals surface area contributed by atoms with Crippen molar-refractivity contribution in [3.05, 3.63) is 86.7 Å². The number of benzene rings is 2. The molecule has 5 nitrogen and oxygen atoms in total. The van der Waals surface area contributed by atoms with Crippen LogP contribution in [0.4, 0.5) is 0 Å². The minimum absolute atomic E-state index is 0.0120. The summed E-state index contributed by atoms with van der Waals surface area (Å²) < 4.78 is 4.51. The molecule has 3 heterocycles. The van der Waals surface area contributed by atoms with E-state index in [1.54, 1.807) is 11.6 Å². The smallest absolute Gasteiger partial charge is 0.271 e. The average Bonchev–Trinajstić information content (AvgIpc) is 3.35. The van der Waals surface area contributed by atoms with Gasteiger partial charge < -0.3 is 4.57 Å². The highest BCUT2D eigenvalue weighted by Crippen LogP contribution is 2.27. The van der Waals surface area contributed by atoms with Gasteiger partial charge in [-0.05, 0) is 35.2 Å². The van der Waals surface area contributed by atoms with Gasteiger partial charge in [0, 0.05) is 18.6 Å². The molecule has 0 aliphatic heterocycles. The highest BCUT2D eigenvalue weighted by atomic mass is 35.5. The number of aromatic nitrogens is 4. The van der Waals surface area contributed by atoms with Crippen molar-refractivity contribution in [1.82, 2.24) is 19.1 Å². The number of halogens is 1. The van der Waals surface area contributed by atoms with Crippen molar-refractivity contribution < 1.29 is 0 Å². The largest absolute Gasteiger partial charge is 0.323 e. The second kappa shape index (κ2) is 7.91. The fraction of sp³-hybridized carbons (Fsp3) is 0.136. The average molecular weight is 453 g/mol. The number of fused-ring (bicyclic) bond motifs is 2. The Kier molecular flexibility index (Phi) is 5.10. The van der Waals surface area contributed by atoms with Crippen LogP contribution in [0.15, 0.2) is 69.9 Å². The first-order valence-corrected chi connectivity index (χ1v) is 11.6. The van der Waals surface area contributed by atoms with Crippen molar-refractivity contribution in [2.75, 3.05) is 0 Å². The van der Waals surface area contributed by atoms with Gasteiger partial charge in [0.1, 0.15) is 10.5 Å². The predicted octanol–water partition coefficient (Wildman–Crippen LogP) is 5.34. The molecule has 0 N–H and O–H groups in total. The Labute approximate surface area is 186 Å². The molecule has 0 amide bonds. The normalized spacial score (nSPS) is 11.5. The lowest BCUT2D eigenvalue weighted by Gasteiger charge is -2.10. The summed E-state index contributed by atoms with van der Waals surface area (Å²) in [6.07, 6.45) is 0. The summed E-state index contributed by atoms with van der Waals surface area (Å²) in [7, 11) is 1.77. The van der Waals surface area contributed by atoms with Crippen molar-refractivity contribution in [3.63, 3.8) is 0 Å². The number of hydrogen-bond donors (Lipinski definition) is 0. The van der Waals surface area contributed by atoms with Crippen LogP contribution in [0.1, 0.15) is 11.4 Å². The molecule has 2 aromatic carbocycles. The summed E-state index contributed by atoms with van der Waals surface area (Å²) in [4.78, 5) is 22.1. The fourth-order valence-corrected chi connectivity index (χ4v) is 5.32. The van der Waals surface area contributed by atoms with Crippen LogP contribution in [0.5, 0.6) is 0 Å². The Morgan fingerprint density at radius 3 is 2.73 bits per heavy atom. The van der Waals surface area contributed by atoms with E-state index in [1.165, 1.54) is 28.7 Å². The Hall–Kier alpha value is -2.61. The van der Waals surface area contributed by atoms with E-state index in [4.69, 9.17) is 16.6 Å². The molecule has 5 rings (SSSR count). The topological polar surface area (TPSA) is 52.7 Å². The molecular formula is C22H17ClN4OS2. The molecule has 8 heteroatoms. The summed E-state index contributed by atoms with van der Waals surface area (Å²) in [6.45, 7) is 0.713. The van der Waals surface area contributed by atoms with Crippen LogP contribution in [-0.2, 0) is 19.3 Å². The third kappa shape index (κ3) is 3.53. The number of thiophene rings is 1. The SMILES string of the molecule is Cn1c(SCc2nc3cc(Cl)ccc3n2Cc2ccccc2)nc2ccsc2c1=O. The van der Waals surface area contributed by atoms with Gasteiger partial charge in [-0.15, -0.1) is 11.3 Å². The molecule has 3 aromatic heterocycles. The monoisotopic (exact) mass is 452 g/mol. The predicted molar refractivity (Wildman–Crippen MR) is 125 cm³/mol. The van der Waals surface area contributed by atoms with Gasteiger partial charge in [0.05, 0.1) is 22.3 Å². The van der Waals surface area contributed by atoms with Gasteiger partial charge >= 0.3 is 0 Å².